The zero-order chi connectivity index (χ0) is 15.1. The second-order valence-electron chi connectivity index (χ2n) is 5.25. The van der Waals surface area contributed by atoms with Crippen LogP contribution in [0.5, 0.6) is 0 Å². The molecule has 0 saturated carbocycles. The maximum Gasteiger partial charge on any atom is 0.335 e. The van der Waals surface area contributed by atoms with Gasteiger partial charge in [0.2, 0.25) is 0 Å². The van der Waals surface area contributed by atoms with Crippen molar-refractivity contribution in [1.82, 2.24) is 19.2 Å². The van der Waals surface area contributed by atoms with E-state index in [0.29, 0.717) is 5.65 Å². The zero-order valence-corrected chi connectivity index (χ0v) is 12.1. The molecule has 0 aliphatic rings. The average Bonchev–Trinajstić information content (AvgIpc) is 3.00. The smallest absolute Gasteiger partial charge is 0.335 e. The van der Waals surface area contributed by atoms with E-state index in [-0.39, 0.29) is 11.6 Å². The van der Waals surface area contributed by atoms with Crippen molar-refractivity contribution in [2.75, 3.05) is 0 Å². The van der Waals surface area contributed by atoms with E-state index in [1.165, 1.54) is 0 Å². The van der Waals surface area contributed by atoms with E-state index in [0.717, 1.165) is 17.1 Å². The first-order valence-electron chi connectivity index (χ1n) is 6.75. The number of hydrogen-bond acceptors (Lipinski definition) is 3. The van der Waals surface area contributed by atoms with Gasteiger partial charge in [0.25, 0.3) is 0 Å². The SMILES string of the molecule is Cc1nc2cc(C(=O)O)ccn2c1-c1ccnn1C(C)C. The molecule has 3 aromatic heterocycles. The number of carbonyl (C=O) groups is 1. The second-order valence-corrected chi connectivity index (χ2v) is 5.25. The third-order valence-electron chi connectivity index (χ3n) is 3.45. The number of imidazole rings is 1. The van der Waals surface area contributed by atoms with Crippen molar-refractivity contribution in [3.8, 4) is 11.4 Å². The number of rotatable bonds is 3. The molecule has 6 nitrogen and oxygen atoms in total. The summed E-state index contributed by atoms with van der Waals surface area (Å²) in [6, 6.07) is 5.34. The molecule has 0 atom stereocenters. The van der Waals surface area contributed by atoms with Gasteiger partial charge in [-0.2, -0.15) is 5.10 Å². The van der Waals surface area contributed by atoms with Crippen LogP contribution in [0.1, 0.15) is 35.9 Å². The molecule has 0 bridgehead atoms. The number of aryl methyl sites for hydroxylation is 1. The average molecular weight is 284 g/mol. The molecule has 0 fully saturated rings. The quantitative estimate of drug-likeness (QED) is 0.802. The molecule has 0 aromatic carbocycles. The molecule has 108 valence electrons. The molecule has 6 heteroatoms. The Hall–Kier alpha value is -2.63. The minimum Gasteiger partial charge on any atom is -0.478 e. The van der Waals surface area contributed by atoms with Crippen molar-refractivity contribution in [1.29, 1.82) is 0 Å². The lowest BCUT2D eigenvalue weighted by atomic mass is 10.2. The number of fused-ring (bicyclic) bond motifs is 1. The van der Waals surface area contributed by atoms with Crippen molar-refractivity contribution in [2.24, 2.45) is 0 Å². The van der Waals surface area contributed by atoms with Crippen molar-refractivity contribution >= 4 is 11.6 Å². The Kier molecular flexibility index (Phi) is 3.01. The highest BCUT2D eigenvalue weighted by Gasteiger charge is 2.17. The highest BCUT2D eigenvalue weighted by Crippen LogP contribution is 2.26. The summed E-state index contributed by atoms with van der Waals surface area (Å²) >= 11 is 0. The van der Waals surface area contributed by atoms with Crippen LogP contribution in [0.25, 0.3) is 17.0 Å². The maximum atomic E-state index is 11.1. The maximum absolute atomic E-state index is 11.1. The largest absolute Gasteiger partial charge is 0.478 e. The van der Waals surface area contributed by atoms with Crippen LogP contribution in [-0.4, -0.2) is 30.2 Å². The van der Waals surface area contributed by atoms with Crippen LogP contribution in [0.2, 0.25) is 0 Å². The highest BCUT2D eigenvalue weighted by molar-refractivity contribution is 5.89. The fourth-order valence-corrected chi connectivity index (χ4v) is 2.52. The Labute approximate surface area is 121 Å². The fraction of sp³-hybridized carbons (Fsp3) is 0.267. The first-order chi connectivity index (χ1) is 9.99. The monoisotopic (exact) mass is 284 g/mol. The lowest BCUT2D eigenvalue weighted by Crippen LogP contribution is -2.06. The number of carboxylic acids is 1. The molecule has 0 unspecified atom stereocenters. The van der Waals surface area contributed by atoms with Gasteiger partial charge in [-0.3, -0.25) is 9.08 Å². The molecule has 0 saturated heterocycles. The molecule has 0 amide bonds. The summed E-state index contributed by atoms with van der Waals surface area (Å²) in [5, 5.41) is 13.4. The Balaban J connectivity index is 2.25. The number of aromatic nitrogens is 4. The predicted octanol–water partition coefficient (Wildman–Crippen LogP) is 2.79. The topological polar surface area (TPSA) is 72.4 Å². The van der Waals surface area contributed by atoms with E-state index >= 15 is 0 Å². The van der Waals surface area contributed by atoms with Gasteiger partial charge < -0.3 is 5.11 Å². The van der Waals surface area contributed by atoms with Gasteiger partial charge in [0.1, 0.15) is 5.65 Å². The van der Waals surface area contributed by atoms with Crippen molar-refractivity contribution in [3.05, 3.63) is 41.9 Å². The first-order valence-corrected chi connectivity index (χ1v) is 6.75. The highest BCUT2D eigenvalue weighted by atomic mass is 16.4. The van der Waals surface area contributed by atoms with Gasteiger partial charge in [-0.1, -0.05) is 0 Å². The molecule has 3 heterocycles. The molecule has 3 aromatic rings. The second kappa shape index (κ2) is 4.73. The Morgan fingerprint density at radius 3 is 2.76 bits per heavy atom. The standard InChI is InChI=1S/C15H16N4O2/c1-9(2)19-12(4-6-16-19)14-10(3)17-13-8-11(15(20)21)5-7-18(13)14/h4-9H,1-3H3,(H,20,21). The minimum absolute atomic E-state index is 0.233. The van der Waals surface area contributed by atoms with E-state index in [1.807, 2.05) is 22.1 Å². The summed E-state index contributed by atoms with van der Waals surface area (Å²) in [7, 11) is 0. The van der Waals surface area contributed by atoms with Crippen LogP contribution >= 0.6 is 0 Å². The molecule has 3 rings (SSSR count). The van der Waals surface area contributed by atoms with Gasteiger partial charge in [-0.05, 0) is 39.0 Å². The number of nitrogens with zero attached hydrogens (tertiary/aromatic N) is 4. The summed E-state index contributed by atoms with van der Waals surface area (Å²) in [4.78, 5) is 15.5. The summed E-state index contributed by atoms with van der Waals surface area (Å²) in [6.45, 7) is 6.05. The van der Waals surface area contributed by atoms with Gasteiger partial charge in [0.05, 0.1) is 22.6 Å². The van der Waals surface area contributed by atoms with Crippen LogP contribution < -0.4 is 0 Å². The number of aromatic carboxylic acids is 1. The van der Waals surface area contributed by atoms with Crippen LogP contribution in [0.4, 0.5) is 0 Å². The van der Waals surface area contributed by atoms with E-state index in [9.17, 15) is 4.79 Å². The van der Waals surface area contributed by atoms with Gasteiger partial charge in [0, 0.05) is 18.4 Å². The predicted molar refractivity (Wildman–Crippen MR) is 78.5 cm³/mol. The Morgan fingerprint density at radius 2 is 2.10 bits per heavy atom. The number of carboxylic acid groups (broad SMARTS) is 1. The molecule has 21 heavy (non-hydrogen) atoms. The van der Waals surface area contributed by atoms with Gasteiger partial charge in [0.15, 0.2) is 0 Å². The summed E-state index contributed by atoms with van der Waals surface area (Å²) < 4.78 is 3.83. The van der Waals surface area contributed by atoms with Crippen LogP contribution in [-0.2, 0) is 0 Å². The normalized spacial score (nSPS) is 11.4. The van der Waals surface area contributed by atoms with Crippen LogP contribution in [0, 0.1) is 6.92 Å². The third kappa shape index (κ3) is 2.08. The van der Waals surface area contributed by atoms with Crippen molar-refractivity contribution in [3.63, 3.8) is 0 Å². The van der Waals surface area contributed by atoms with Crippen LogP contribution in [0.3, 0.4) is 0 Å². The molecule has 0 aliphatic carbocycles. The van der Waals surface area contributed by atoms with Crippen LogP contribution in [0.15, 0.2) is 30.6 Å². The van der Waals surface area contributed by atoms with Crippen molar-refractivity contribution in [2.45, 2.75) is 26.8 Å². The lowest BCUT2D eigenvalue weighted by Gasteiger charge is -2.11. The molecule has 0 spiro atoms. The van der Waals surface area contributed by atoms with Crippen molar-refractivity contribution < 1.29 is 9.90 Å². The molecule has 1 N–H and O–H groups in total. The van der Waals surface area contributed by atoms with E-state index in [2.05, 4.69) is 23.9 Å². The van der Waals surface area contributed by atoms with Gasteiger partial charge in [-0.25, -0.2) is 9.78 Å². The molecular formula is C15H16N4O2. The lowest BCUT2D eigenvalue weighted by molar-refractivity contribution is 0.0697. The van der Waals surface area contributed by atoms with E-state index in [4.69, 9.17) is 5.11 Å². The first kappa shape index (κ1) is 13.4. The zero-order valence-electron chi connectivity index (χ0n) is 12.1. The van der Waals surface area contributed by atoms with E-state index < -0.39 is 5.97 Å². The Morgan fingerprint density at radius 1 is 1.33 bits per heavy atom. The summed E-state index contributed by atoms with van der Waals surface area (Å²) in [5.41, 5.74) is 3.61. The number of hydrogen-bond donors (Lipinski definition) is 1. The summed E-state index contributed by atoms with van der Waals surface area (Å²) in [5.74, 6) is -0.952. The minimum atomic E-state index is -0.952. The fourth-order valence-electron chi connectivity index (χ4n) is 2.52. The third-order valence-corrected chi connectivity index (χ3v) is 3.45. The number of pyridine rings is 1. The van der Waals surface area contributed by atoms with Gasteiger partial charge >= 0.3 is 5.97 Å². The van der Waals surface area contributed by atoms with E-state index in [1.54, 1.807) is 24.5 Å². The molecule has 0 radical (unpaired) electrons. The Bertz CT molecular complexity index is 829. The van der Waals surface area contributed by atoms with Gasteiger partial charge in [-0.15, -0.1) is 0 Å². The molecule has 0 aliphatic heterocycles. The summed E-state index contributed by atoms with van der Waals surface area (Å²) in [6.07, 6.45) is 3.51. The molecular weight excluding hydrogens is 268 g/mol.